The molecular weight excluding hydrogens is 348 g/mol. The number of hydrogen-bond acceptors (Lipinski definition) is 1. The number of halogens is 1. The molecule has 0 aliphatic carbocycles. The predicted octanol–water partition coefficient (Wildman–Crippen LogP) is 2.55. The van der Waals surface area contributed by atoms with E-state index in [4.69, 9.17) is 5.26 Å². The monoisotopic (exact) mass is 380 g/mol. The zero-order chi connectivity index (χ0) is 15.9. The summed E-state index contributed by atoms with van der Waals surface area (Å²) in [6.07, 6.45) is 20.6. The number of aromatic nitrogens is 1. The van der Waals surface area contributed by atoms with Gasteiger partial charge in [-0.25, -0.2) is 4.57 Å². The molecule has 0 N–H and O–H groups in total. The Morgan fingerprint density at radius 1 is 0.870 bits per heavy atom. The summed E-state index contributed by atoms with van der Waals surface area (Å²) in [5.74, 6) is 0. The van der Waals surface area contributed by atoms with E-state index in [2.05, 4.69) is 23.8 Å². The van der Waals surface area contributed by atoms with E-state index in [-0.39, 0.29) is 17.0 Å². The average molecular weight is 381 g/mol. The Hall–Kier alpha value is -0.880. The molecule has 0 radical (unpaired) electrons. The van der Waals surface area contributed by atoms with E-state index < -0.39 is 0 Å². The van der Waals surface area contributed by atoms with Crippen LogP contribution in [0.5, 0.6) is 0 Å². The highest BCUT2D eigenvalue weighted by atomic mass is 79.9. The fraction of sp³-hybridized carbons (Fsp3) is 0.700. The van der Waals surface area contributed by atoms with Gasteiger partial charge in [0.15, 0.2) is 12.4 Å². The van der Waals surface area contributed by atoms with Crippen molar-refractivity contribution in [2.24, 2.45) is 0 Å². The van der Waals surface area contributed by atoms with Gasteiger partial charge in [0.25, 0.3) is 0 Å². The number of aryl methyl sites for hydroxylation is 1. The predicted molar refractivity (Wildman–Crippen MR) is 92.4 cm³/mol. The molecule has 0 aromatic carbocycles. The minimum Gasteiger partial charge on any atom is -1.00 e. The summed E-state index contributed by atoms with van der Waals surface area (Å²) in [5, 5.41) is 8.87. The largest absolute Gasteiger partial charge is 1.00 e. The van der Waals surface area contributed by atoms with Gasteiger partial charge in [0.2, 0.25) is 0 Å². The van der Waals surface area contributed by atoms with Crippen LogP contribution in [0, 0.1) is 11.3 Å². The summed E-state index contributed by atoms with van der Waals surface area (Å²) < 4.78 is 2.13. The van der Waals surface area contributed by atoms with Crippen molar-refractivity contribution in [3.63, 3.8) is 0 Å². The molecule has 0 saturated heterocycles. The summed E-state index contributed by atoms with van der Waals surface area (Å²) in [6.45, 7) is 3.31. The van der Waals surface area contributed by atoms with Gasteiger partial charge >= 0.3 is 0 Å². The van der Waals surface area contributed by atoms with Gasteiger partial charge in [-0.2, -0.15) is 5.26 Å². The van der Waals surface area contributed by atoms with E-state index in [0.717, 1.165) is 12.1 Å². The number of rotatable bonds is 13. The number of nitriles is 1. The third-order valence-corrected chi connectivity index (χ3v) is 4.26. The molecule has 1 heterocycles. The van der Waals surface area contributed by atoms with Gasteiger partial charge in [-0.05, 0) is 12.5 Å². The van der Waals surface area contributed by atoms with Gasteiger partial charge in [-0.1, -0.05) is 71.1 Å². The lowest BCUT2D eigenvalue weighted by Crippen LogP contribution is -3.00. The molecule has 0 atom stereocenters. The van der Waals surface area contributed by atoms with E-state index in [9.17, 15) is 0 Å². The molecule has 0 saturated carbocycles. The Labute approximate surface area is 153 Å². The maximum Gasteiger partial charge on any atom is 0.186 e. The molecule has 2 nitrogen and oxygen atoms in total. The van der Waals surface area contributed by atoms with Gasteiger partial charge in [0.05, 0.1) is 0 Å². The van der Waals surface area contributed by atoms with Gasteiger partial charge in [-0.15, -0.1) is 0 Å². The van der Waals surface area contributed by atoms with Crippen LogP contribution in [0.25, 0.3) is 0 Å². The summed E-state index contributed by atoms with van der Waals surface area (Å²) >= 11 is 0. The van der Waals surface area contributed by atoms with Crippen molar-refractivity contribution in [3.05, 3.63) is 30.1 Å². The van der Waals surface area contributed by atoms with Gasteiger partial charge < -0.3 is 17.0 Å². The maximum atomic E-state index is 8.87. The standard InChI is InChI=1S/C20H33N2.BrH/c1-2-3-4-5-6-7-8-9-10-11-12-13-16-22-17-14-15-20(18-21)19-22;/h14-15,17,19H,2-13,16H2,1H3;1H/q+1;/p-1. The molecule has 0 fully saturated rings. The van der Waals surface area contributed by atoms with Crippen LogP contribution in [-0.2, 0) is 6.54 Å². The molecule has 0 aliphatic rings. The molecule has 3 heteroatoms. The molecule has 130 valence electrons. The molecule has 0 aliphatic heterocycles. The van der Waals surface area contributed by atoms with Crippen molar-refractivity contribution in [3.8, 4) is 6.07 Å². The molecule has 23 heavy (non-hydrogen) atoms. The fourth-order valence-electron chi connectivity index (χ4n) is 2.86. The first-order valence-electron chi connectivity index (χ1n) is 9.26. The molecular formula is C20H33BrN2. The summed E-state index contributed by atoms with van der Waals surface area (Å²) in [4.78, 5) is 0. The summed E-state index contributed by atoms with van der Waals surface area (Å²) in [5.41, 5.74) is 0.751. The summed E-state index contributed by atoms with van der Waals surface area (Å²) in [7, 11) is 0. The SMILES string of the molecule is CCCCCCCCCCCCCC[n+]1cccc(C#N)c1.[Br-]. The van der Waals surface area contributed by atoms with E-state index in [1.54, 1.807) is 0 Å². The van der Waals surface area contributed by atoms with E-state index in [0.29, 0.717) is 0 Å². The number of pyridine rings is 1. The zero-order valence-electron chi connectivity index (χ0n) is 14.8. The number of unbranched alkanes of at least 4 members (excludes halogenated alkanes) is 11. The molecule has 1 aromatic heterocycles. The molecule has 0 spiro atoms. The van der Waals surface area contributed by atoms with E-state index >= 15 is 0 Å². The van der Waals surface area contributed by atoms with Crippen LogP contribution in [-0.4, -0.2) is 0 Å². The Morgan fingerprint density at radius 2 is 1.39 bits per heavy atom. The van der Waals surface area contributed by atoms with Gasteiger partial charge in [0.1, 0.15) is 18.2 Å². The highest BCUT2D eigenvalue weighted by Gasteiger charge is 2.01. The van der Waals surface area contributed by atoms with Gasteiger partial charge in [-0.3, -0.25) is 0 Å². The quantitative estimate of drug-likeness (QED) is 0.381. The number of nitrogens with zero attached hydrogens (tertiary/aromatic N) is 2. The Bertz CT molecular complexity index is 426. The van der Waals surface area contributed by atoms with Crippen molar-refractivity contribution in [1.82, 2.24) is 0 Å². The topological polar surface area (TPSA) is 27.7 Å². The summed E-state index contributed by atoms with van der Waals surface area (Å²) in [6, 6.07) is 6.01. The molecule has 1 rings (SSSR count). The fourth-order valence-corrected chi connectivity index (χ4v) is 2.86. The molecule has 0 bridgehead atoms. The van der Waals surface area contributed by atoms with Crippen LogP contribution in [0.15, 0.2) is 24.5 Å². The van der Waals surface area contributed by atoms with Crippen molar-refractivity contribution < 1.29 is 21.5 Å². The Morgan fingerprint density at radius 3 is 1.91 bits per heavy atom. The first kappa shape index (κ1) is 22.1. The van der Waals surface area contributed by atoms with E-state index in [1.165, 1.54) is 77.0 Å². The zero-order valence-corrected chi connectivity index (χ0v) is 16.4. The van der Waals surface area contributed by atoms with E-state index in [1.807, 2.05) is 18.3 Å². The molecule has 1 aromatic rings. The Kier molecular flexibility index (Phi) is 15.4. The third-order valence-electron chi connectivity index (χ3n) is 4.26. The highest BCUT2D eigenvalue weighted by molar-refractivity contribution is 5.21. The number of hydrogen-bond donors (Lipinski definition) is 0. The minimum atomic E-state index is 0. The van der Waals surface area contributed by atoms with Crippen molar-refractivity contribution in [2.75, 3.05) is 0 Å². The van der Waals surface area contributed by atoms with Crippen molar-refractivity contribution >= 4 is 0 Å². The normalized spacial score (nSPS) is 10.1. The second kappa shape index (κ2) is 16.0. The Balaban J connectivity index is 0.00000484. The lowest BCUT2D eigenvalue weighted by molar-refractivity contribution is -0.697. The smallest absolute Gasteiger partial charge is 0.186 e. The molecule has 0 amide bonds. The third kappa shape index (κ3) is 12.2. The van der Waals surface area contributed by atoms with Crippen LogP contribution in [0.4, 0.5) is 0 Å². The van der Waals surface area contributed by atoms with Crippen LogP contribution in [0.2, 0.25) is 0 Å². The first-order valence-corrected chi connectivity index (χ1v) is 9.26. The van der Waals surface area contributed by atoms with Crippen molar-refractivity contribution in [1.29, 1.82) is 5.26 Å². The average Bonchev–Trinajstić information content (AvgIpc) is 2.56. The van der Waals surface area contributed by atoms with Crippen LogP contribution in [0.3, 0.4) is 0 Å². The second-order valence-corrected chi connectivity index (χ2v) is 6.33. The second-order valence-electron chi connectivity index (χ2n) is 6.33. The van der Waals surface area contributed by atoms with Gasteiger partial charge in [0, 0.05) is 12.5 Å². The lowest BCUT2D eigenvalue weighted by Gasteiger charge is -2.02. The first-order chi connectivity index (χ1) is 10.9. The molecule has 0 unspecified atom stereocenters. The minimum absolute atomic E-state index is 0. The van der Waals surface area contributed by atoms with Crippen molar-refractivity contribution in [2.45, 2.75) is 90.5 Å². The van der Waals surface area contributed by atoms with Crippen LogP contribution in [0.1, 0.15) is 89.5 Å². The highest BCUT2D eigenvalue weighted by Crippen LogP contribution is 2.11. The maximum absolute atomic E-state index is 8.87. The van der Waals surface area contributed by atoms with Crippen LogP contribution < -0.4 is 21.5 Å². The lowest BCUT2D eigenvalue weighted by atomic mass is 10.1. The van der Waals surface area contributed by atoms with Crippen LogP contribution >= 0.6 is 0 Å².